The molecule has 0 aliphatic heterocycles. The van der Waals surface area contributed by atoms with Crippen LogP contribution in [0, 0.1) is 5.82 Å². The number of carbonyl (C=O) groups is 4. The van der Waals surface area contributed by atoms with Crippen molar-refractivity contribution in [3.63, 3.8) is 0 Å². The van der Waals surface area contributed by atoms with E-state index in [1.165, 1.54) is 27.2 Å². The molecule has 12 heteroatoms. The fraction of sp³-hybridized carbons (Fsp3) is 0.140. The van der Waals surface area contributed by atoms with Crippen molar-refractivity contribution in [2.75, 3.05) is 23.9 Å². The molecule has 7 rings (SSSR count). The van der Waals surface area contributed by atoms with Gasteiger partial charge < -0.3 is 20.4 Å². The van der Waals surface area contributed by atoms with Gasteiger partial charge in [-0.25, -0.2) is 9.37 Å². The first-order valence-electron chi connectivity index (χ1n) is 17.5. The van der Waals surface area contributed by atoms with Gasteiger partial charge >= 0.3 is 0 Å². The Kier molecular flexibility index (Phi) is 11.1. The molecule has 0 fully saturated rings. The lowest BCUT2D eigenvalue weighted by atomic mass is 10.0. The molecule has 276 valence electrons. The van der Waals surface area contributed by atoms with Crippen molar-refractivity contribution in [3.8, 4) is 0 Å². The Labute approximate surface area is 325 Å². The van der Waals surface area contributed by atoms with Gasteiger partial charge in [0.1, 0.15) is 17.9 Å². The van der Waals surface area contributed by atoms with Crippen molar-refractivity contribution < 1.29 is 23.6 Å². The second-order valence-corrected chi connectivity index (χ2v) is 14.9. The highest BCUT2D eigenvalue weighted by molar-refractivity contribution is 7.17. The van der Waals surface area contributed by atoms with Gasteiger partial charge in [0, 0.05) is 48.6 Å². The number of thiazole rings is 1. The first-order valence-corrected chi connectivity index (χ1v) is 19.3. The van der Waals surface area contributed by atoms with Crippen molar-refractivity contribution in [1.82, 2.24) is 15.6 Å². The van der Waals surface area contributed by atoms with E-state index in [4.69, 9.17) is 0 Å². The van der Waals surface area contributed by atoms with Crippen LogP contribution in [0.25, 0.3) is 20.3 Å². The number of aromatic nitrogens is 1. The first kappa shape index (κ1) is 37.1. The average molecular weight is 770 g/mol. The highest BCUT2D eigenvalue weighted by atomic mass is 32.1. The van der Waals surface area contributed by atoms with Gasteiger partial charge in [-0.2, -0.15) is 0 Å². The number of halogens is 1. The molecule has 4 amide bonds. The SMILES string of the molecule is CN(C(=O)[C@H](Cc1ccccc1)NC(=O)c1ccc(F)c(C(=O)N[C@@H](Cc2ccccc2)C(=O)N(C)c2ccc3sccc3c2)c1)c1ccc2scnc2c1. The van der Waals surface area contributed by atoms with Crippen LogP contribution in [0.1, 0.15) is 31.8 Å². The summed E-state index contributed by atoms with van der Waals surface area (Å²) in [5.41, 5.74) is 4.90. The van der Waals surface area contributed by atoms with Crippen LogP contribution in [0.3, 0.4) is 0 Å². The Morgan fingerprint density at radius 3 is 1.87 bits per heavy atom. The van der Waals surface area contributed by atoms with Crippen LogP contribution in [0.15, 0.2) is 132 Å². The minimum Gasteiger partial charge on any atom is -0.340 e. The summed E-state index contributed by atoms with van der Waals surface area (Å²) in [6, 6.07) is 33.0. The number of anilines is 2. The maximum atomic E-state index is 15.4. The van der Waals surface area contributed by atoms with Crippen LogP contribution in [0.4, 0.5) is 15.8 Å². The third-order valence-electron chi connectivity index (χ3n) is 9.43. The predicted molar refractivity (Wildman–Crippen MR) is 217 cm³/mol. The molecule has 2 heterocycles. The van der Waals surface area contributed by atoms with Gasteiger partial charge in [0.15, 0.2) is 0 Å². The molecule has 2 N–H and O–H groups in total. The minimum atomic E-state index is -1.07. The van der Waals surface area contributed by atoms with E-state index in [1.807, 2.05) is 109 Å². The summed E-state index contributed by atoms with van der Waals surface area (Å²) in [5, 5.41) is 8.53. The molecule has 2 aromatic heterocycles. The molecule has 0 spiro atoms. The Morgan fingerprint density at radius 1 is 0.655 bits per heavy atom. The van der Waals surface area contributed by atoms with Gasteiger partial charge in [-0.3, -0.25) is 19.2 Å². The first-order chi connectivity index (χ1) is 26.6. The number of hydrogen-bond donors (Lipinski definition) is 2. The van der Waals surface area contributed by atoms with Crippen LogP contribution in [-0.2, 0) is 22.4 Å². The Bertz CT molecular complexity index is 2510. The van der Waals surface area contributed by atoms with Gasteiger partial charge in [-0.05, 0) is 82.6 Å². The average Bonchev–Trinajstić information content (AvgIpc) is 3.89. The maximum absolute atomic E-state index is 15.4. The topological polar surface area (TPSA) is 112 Å². The number of rotatable bonds is 12. The van der Waals surface area contributed by atoms with Crippen molar-refractivity contribution in [1.29, 1.82) is 0 Å². The van der Waals surface area contributed by atoms with E-state index in [0.717, 1.165) is 43.6 Å². The third-order valence-corrected chi connectivity index (χ3v) is 11.1. The molecule has 0 radical (unpaired) electrons. The molecule has 5 aromatic carbocycles. The van der Waals surface area contributed by atoms with Gasteiger partial charge in [0.05, 0.1) is 21.3 Å². The molecule has 55 heavy (non-hydrogen) atoms. The van der Waals surface area contributed by atoms with Gasteiger partial charge in [-0.15, -0.1) is 22.7 Å². The molecule has 9 nitrogen and oxygen atoms in total. The number of likely N-dealkylation sites (N-methyl/N-ethyl adjacent to an activating group) is 2. The fourth-order valence-corrected chi connectivity index (χ4v) is 7.79. The van der Waals surface area contributed by atoms with Gasteiger partial charge in [-0.1, -0.05) is 60.7 Å². The molecular formula is C43H36FN5O4S2. The van der Waals surface area contributed by atoms with Gasteiger partial charge in [0.2, 0.25) is 11.8 Å². The van der Waals surface area contributed by atoms with E-state index in [0.29, 0.717) is 11.4 Å². The fourth-order valence-electron chi connectivity index (χ4n) is 6.36. The predicted octanol–water partition coefficient (Wildman–Crippen LogP) is 7.66. The normalized spacial score (nSPS) is 12.2. The molecule has 0 bridgehead atoms. The lowest BCUT2D eigenvalue weighted by Crippen LogP contribution is -2.49. The number of nitrogens with one attached hydrogen (secondary N) is 2. The zero-order chi connectivity index (χ0) is 38.5. The summed E-state index contributed by atoms with van der Waals surface area (Å²) in [7, 11) is 3.26. The highest BCUT2D eigenvalue weighted by Crippen LogP contribution is 2.27. The van der Waals surface area contributed by atoms with E-state index in [1.54, 1.807) is 30.9 Å². The third kappa shape index (κ3) is 8.45. The summed E-state index contributed by atoms with van der Waals surface area (Å²) in [6.07, 6.45) is 0.323. The summed E-state index contributed by atoms with van der Waals surface area (Å²) in [5.74, 6) is -3.19. The molecule has 0 saturated heterocycles. The summed E-state index contributed by atoms with van der Waals surface area (Å²) in [4.78, 5) is 62.9. The van der Waals surface area contributed by atoms with Crippen LogP contribution in [-0.4, -0.2) is 54.8 Å². The van der Waals surface area contributed by atoms with E-state index in [2.05, 4.69) is 15.6 Å². The van der Waals surface area contributed by atoms with E-state index < -0.39 is 41.2 Å². The second-order valence-electron chi connectivity index (χ2n) is 13.1. The summed E-state index contributed by atoms with van der Waals surface area (Å²) >= 11 is 3.09. The smallest absolute Gasteiger partial charge is 0.254 e. The Balaban J connectivity index is 1.12. The van der Waals surface area contributed by atoms with Crippen molar-refractivity contribution in [2.24, 2.45) is 0 Å². The molecule has 2 atom stereocenters. The number of benzene rings is 5. The number of fused-ring (bicyclic) bond motifs is 2. The van der Waals surface area contributed by atoms with Gasteiger partial charge in [0.25, 0.3) is 11.8 Å². The number of carbonyl (C=O) groups excluding carboxylic acids is 4. The lowest BCUT2D eigenvalue weighted by Gasteiger charge is -2.26. The van der Waals surface area contributed by atoms with E-state index >= 15 is 4.39 Å². The molecular weight excluding hydrogens is 734 g/mol. The molecule has 0 saturated carbocycles. The number of amides is 4. The lowest BCUT2D eigenvalue weighted by molar-refractivity contribution is -0.120. The number of thiophene rings is 1. The number of hydrogen-bond acceptors (Lipinski definition) is 7. The van der Waals surface area contributed by atoms with Crippen molar-refractivity contribution in [2.45, 2.75) is 24.9 Å². The molecule has 0 aliphatic rings. The standard InChI is InChI=1S/C43H36FN5O4S2/c1-48(31-14-17-38-29(23-31)19-20-54-38)43(53)37(22-28-11-7-4-8-12-28)47-41(51)33-24-30(13-16-34(33)44)40(50)46-36(21-27-9-5-3-6-10-27)42(52)49(2)32-15-18-39-35(25-32)45-26-55-39/h3-20,23-26,36-37H,21-22H2,1-2H3,(H,46,50)(H,47,51)/t36-,37-/m0/s1. The zero-order valence-electron chi connectivity index (χ0n) is 29.9. The highest BCUT2D eigenvalue weighted by Gasteiger charge is 2.29. The maximum Gasteiger partial charge on any atom is 0.254 e. The molecule has 0 aliphatic carbocycles. The van der Waals surface area contributed by atoms with E-state index in [-0.39, 0.29) is 24.3 Å². The zero-order valence-corrected chi connectivity index (χ0v) is 31.6. The quantitative estimate of drug-likeness (QED) is 0.133. The van der Waals surface area contributed by atoms with Crippen LogP contribution in [0.5, 0.6) is 0 Å². The molecule has 7 aromatic rings. The number of nitrogens with zero attached hydrogens (tertiary/aromatic N) is 3. The molecule has 0 unspecified atom stereocenters. The monoisotopic (exact) mass is 769 g/mol. The van der Waals surface area contributed by atoms with Crippen LogP contribution in [0.2, 0.25) is 0 Å². The minimum absolute atomic E-state index is 0.0314. The summed E-state index contributed by atoms with van der Waals surface area (Å²) < 4.78 is 17.5. The van der Waals surface area contributed by atoms with Crippen LogP contribution < -0.4 is 20.4 Å². The summed E-state index contributed by atoms with van der Waals surface area (Å²) in [6.45, 7) is 0. The Morgan fingerprint density at radius 2 is 1.24 bits per heavy atom. The second kappa shape index (κ2) is 16.4. The van der Waals surface area contributed by atoms with Crippen LogP contribution >= 0.6 is 22.7 Å². The Hall–Kier alpha value is -6.24. The van der Waals surface area contributed by atoms with E-state index in [9.17, 15) is 19.2 Å². The largest absolute Gasteiger partial charge is 0.340 e. The van der Waals surface area contributed by atoms with Crippen molar-refractivity contribution in [3.05, 3.63) is 160 Å². The van der Waals surface area contributed by atoms with Crippen molar-refractivity contribution >= 4 is 78.0 Å².